The lowest BCUT2D eigenvalue weighted by molar-refractivity contribution is -0.142. The number of anilines is 1. The number of aliphatic carboxylic acids is 1. The summed E-state index contributed by atoms with van der Waals surface area (Å²) in [5.74, 6) is -2.01. The fourth-order valence-electron chi connectivity index (χ4n) is 2.03. The van der Waals surface area contributed by atoms with Crippen LogP contribution in [0.5, 0.6) is 0 Å². The predicted molar refractivity (Wildman–Crippen MR) is 66.4 cm³/mol. The molecule has 1 saturated heterocycles. The maximum absolute atomic E-state index is 10.9. The van der Waals surface area contributed by atoms with Crippen molar-refractivity contribution in [2.45, 2.75) is 19.8 Å². The third-order valence-corrected chi connectivity index (χ3v) is 4.30. The fourth-order valence-corrected chi connectivity index (χ4v) is 2.99. The van der Waals surface area contributed by atoms with E-state index in [4.69, 9.17) is 10.2 Å². The van der Waals surface area contributed by atoms with Gasteiger partial charge in [-0.05, 0) is 19.8 Å². The Morgan fingerprint density at radius 1 is 1.33 bits per heavy atom. The number of hydrogen-bond acceptors (Lipinski definition) is 5. The van der Waals surface area contributed by atoms with Crippen molar-refractivity contribution in [3.63, 3.8) is 0 Å². The molecule has 0 atom stereocenters. The van der Waals surface area contributed by atoms with Crippen LogP contribution in [0.15, 0.2) is 0 Å². The average molecular weight is 270 g/mol. The average Bonchev–Trinajstić information content (AvgIpc) is 2.71. The van der Waals surface area contributed by atoms with E-state index in [1.165, 1.54) is 0 Å². The molecular weight excluding hydrogens is 256 g/mol. The van der Waals surface area contributed by atoms with E-state index >= 15 is 0 Å². The Labute approximate surface area is 108 Å². The molecule has 98 valence electrons. The number of carboxylic acid groups (broad SMARTS) is 2. The maximum Gasteiger partial charge on any atom is 0.347 e. The molecule has 0 aromatic carbocycles. The number of hydrogen-bond donors (Lipinski definition) is 2. The SMILES string of the molecule is Cc1nc(N2CCC(C(=O)O)CC2)sc1C(=O)O. The smallest absolute Gasteiger partial charge is 0.347 e. The molecule has 1 fully saturated rings. The first-order valence-electron chi connectivity index (χ1n) is 5.67. The Balaban J connectivity index is 2.08. The van der Waals surface area contributed by atoms with Crippen LogP contribution in [0.4, 0.5) is 5.13 Å². The van der Waals surface area contributed by atoms with Gasteiger partial charge in [-0.25, -0.2) is 9.78 Å². The van der Waals surface area contributed by atoms with Gasteiger partial charge in [-0.2, -0.15) is 0 Å². The van der Waals surface area contributed by atoms with E-state index in [0.717, 1.165) is 11.3 Å². The quantitative estimate of drug-likeness (QED) is 0.864. The van der Waals surface area contributed by atoms with Crippen LogP contribution in [0.25, 0.3) is 0 Å². The molecule has 2 rings (SSSR count). The Morgan fingerprint density at radius 3 is 2.39 bits per heavy atom. The van der Waals surface area contributed by atoms with Gasteiger partial charge in [0.2, 0.25) is 0 Å². The molecule has 6 nitrogen and oxygen atoms in total. The van der Waals surface area contributed by atoms with Crippen LogP contribution in [0.3, 0.4) is 0 Å². The Bertz CT molecular complexity index is 477. The van der Waals surface area contributed by atoms with E-state index in [1.807, 2.05) is 4.90 Å². The van der Waals surface area contributed by atoms with Crippen molar-refractivity contribution in [1.29, 1.82) is 0 Å². The molecule has 18 heavy (non-hydrogen) atoms. The molecule has 0 bridgehead atoms. The van der Waals surface area contributed by atoms with Crippen molar-refractivity contribution in [1.82, 2.24) is 4.98 Å². The highest BCUT2D eigenvalue weighted by Crippen LogP contribution is 2.29. The summed E-state index contributed by atoms with van der Waals surface area (Å²) in [6.45, 7) is 2.90. The number of aromatic carboxylic acids is 1. The highest BCUT2D eigenvalue weighted by Gasteiger charge is 2.27. The zero-order valence-electron chi connectivity index (χ0n) is 9.92. The third kappa shape index (κ3) is 2.45. The lowest BCUT2D eigenvalue weighted by Gasteiger charge is -2.29. The molecule has 1 aliphatic rings. The van der Waals surface area contributed by atoms with Crippen molar-refractivity contribution < 1.29 is 19.8 Å². The summed E-state index contributed by atoms with van der Waals surface area (Å²) in [6.07, 6.45) is 1.16. The van der Waals surface area contributed by atoms with E-state index in [0.29, 0.717) is 36.8 Å². The van der Waals surface area contributed by atoms with Crippen molar-refractivity contribution >= 4 is 28.4 Å². The monoisotopic (exact) mass is 270 g/mol. The van der Waals surface area contributed by atoms with Gasteiger partial charge in [0.05, 0.1) is 11.6 Å². The van der Waals surface area contributed by atoms with E-state index in [9.17, 15) is 9.59 Å². The number of piperidine rings is 1. The maximum atomic E-state index is 10.9. The first-order chi connectivity index (χ1) is 8.49. The second-order valence-electron chi connectivity index (χ2n) is 4.32. The predicted octanol–water partition coefficient (Wildman–Crippen LogP) is 1.45. The van der Waals surface area contributed by atoms with Gasteiger partial charge in [0.15, 0.2) is 5.13 Å². The standard InChI is InChI=1S/C11H14N2O4S/c1-6-8(10(16)17)18-11(12-6)13-4-2-7(3-5-13)9(14)15/h7H,2-5H2,1H3,(H,14,15)(H,16,17). The van der Waals surface area contributed by atoms with Gasteiger partial charge in [-0.1, -0.05) is 11.3 Å². The summed E-state index contributed by atoms with van der Waals surface area (Å²) >= 11 is 1.15. The first kappa shape index (κ1) is 12.8. The zero-order valence-corrected chi connectivity index (χ0v) is 10.7. The molecule has 0 spiro atoms. The largest absolute Gasteiger partial charge is 0.481 e. The summed E-state index contributed by atoms with van der Waals surface area (Å²) in [5.41, 5.74) is 0.517. The van der Waals surface area contributed by atoms with E-state index in [2.05, 4.69) is 4.98 Å². The van der Waals surface area contributed by atoms with Crippen molar-refractivity contribution in [2.75, 3.05) is 18.0 Å². The van der Waals surface area contributed by atoms with Gasteiger partial charge in [-0.3, -0.25) is 4.79 Å². The molecule has 0 radical (unpaired) electrons. The van der Waals surface area contributed by atoms with Crippen molar-refractivity contribution in [2.24, 2.45) is 5.92 Å². The second-order valence-corrected chi connectivity index (χ2v) is 5.29. The van der Waals surface area contributed by atoms with E-state index in [-0.39, 0.29) is 10.8 Å². The van der Waals surface area contributed by atoms with E-state index < -0.39 is 11.9 Å². The lowest BCUT2D eigenvalue weighted by atomic mass is 9.98. The summed E-state index contributed by atoms with van der Waals surface area (Å²) in [7, 11) is 0. The van der Waals surface area contributed by atoms with Crippen LogP contribution in [-0.2, 0) is 4.79 Å². The van der Waals surface area contributed by atoms with Crippen LogP contribution < -0.4 is 4.90 Å². The zero-order chi connectivity index (χ0) is 13.3. The van der Waals surface area contributed by atoms with E-state index in [1.54, 1.807) is 6.92 Å². The number of thiazole rings is 1. The van der Waals surface area contributed by atoms with Gasteiger partial charge in [-0.15, -0.1) is 0 Å². The summed E-state index contributed by atoms with van der Waals surface area (Å²) in [5, 5.41) is 18.5. The van der Waals surface area contributed by atoms with Gasteiger partial charge >= 0.3 is 11.9 Å². The van der Waals surface area contributed by atoms with Crippen LogP contribution in [0.1, 0.15) is 28.2 Å². The van der Waals surface area contributed by atoms with Crippen LogP contribution >= 0.6 is 11.3 Å². The minimum atomic E-state index is -0.961. The topological polar surface area (TPSA) is 90.7 Å². The molecule has 2 N–H and O–H groups in total. The molecule has 1 aliphatic heterocycles. The Kier molecular flexibility index (Phi) is 3.51. The number of aryl methyl sites for hydroxylation is 1. The second kappa shape index (κ2) is 4.93. The number of carbonyl (C=O) groups is 2. The Hall–Kier alpha value is -1.63. The van der Waals surface area contributed by atoms with Gasteiger partial charge in [0.1, 0.15) is 4.88 Å². The molecule has 0 amide bonds. The minimum Gasteiger partial charge on any atom is -0.481 e. The first-order valence-corrected chi connectivity index (χ1v) is 6.49. The summed E-state index contributed by atoms with van der Waals surface area (Å²) in [4.78, 5) is 28.2. The van der Waals surface area contributed by atoms with Gasteiger partial charge < -0.3 is 15.1 Å². The minimum absolute atomic E-state index is 0.255. The van der Waals surface area contributed by atoms with Crippen LogP contribution in [0.2, 0.25) is 0 Å². The fraction of sp³-hybridized carbons (Fsp3) is 0.545. The molecule has 0 unspecified atom stereocenters. The van der Waals surface area contributed by atoms with Crippen LogP contribution in [0, 0.1) is 12.8 Å². The summed E-state index contributed by atoms with van der Waals surface area (Å²) in [6, 6.07) is 0. The van der Waals surface area contributed by atoms with Crippen LogP contribution in [-0.4, -0.2) is 40.2 Å². The van der Waals surface area contributed by atoms with Crippen molar-refractivity contribution in [3.05, 3.63) is 10.6 Å². The third-order valence-electron chi connectivity index (χ3n) is 3.09. The normalized spacial score (nSPS) is 16.8. The molecule has 1 aromatic heterocycles. The number of aromatic nitrogens is 1. The molecule has 1 aromatic rings. The van der Waals surface area contributed by atoms with Gasteiger partial charge in [0, 0.05) is 13.1 Å². The lowest BCUT2D eigenvalue weighted by Crippen LogP contribution is -2.36. The van der Waals surface area contributed by atoms with Gasteiger partial charge in [0.25, 0.3) is 0 Å². The number of nitrogens with zero attached hydrogens (tertiary/aromatic N) is 2. The molecule has 0 saturated carbocycles. The molecule has 2 heterocycles. The molecular formula is C11H14N2O4S. The van der Waals surface area contributed by atoms with Crippen molar-refractivity contribution in [3.8, 4) is 0 Å². The number of rotatable bonds is 3. The summed E-state index contributed by atoms with van der Waals surface area (Å²) < 4.78 is 0. The Morgan fingerprint density at radius 2 is 1.94 bits per heavy atom. The molecule has 7 heteroatoms. The highest BCUT2D eigenvalue weighted by atomic mass is 32.1. The number of carboxylic acids is 2. The highest BCUT2D eigenvalue weighted by molar-refractivity contribution is 7.17. The molecule has 0 aliphatic carbocycles.